The number of ether oxygens (including phenoxy) is 2. The van der Waals surface area contributed by atoms with E-state index in [1.54, 1.807) is 13.1 Å². The number of aryl methyl sites for hydroxylation is 1. The summed E-state index contributed by atoms with van der Waals surface area (Å²) in [5.74, 6) is 0.142. The van der Waals surface area contributed by atoms with Gasteiger partial charge in [-0.25, -0.2) is 14.5 Å². The summed E-state index contributed by atoms with van der Waals surface area (Å²) < 4.78 is 13.8. The first-order valence-corrected chi connectivity index (χ1v) is 10.1. The number of fused-ring (bicyclic) bond motifs is 1. The van der Waals surface area contributed by atoms with Crippen LogP contribution in [-0.2, 0) is 4.74 Å². The maximum absolute atomic E-state index is 11.9. The number of nitrogens with zero attached hydrogens (tertiary/aromatic N) is 6. The standard InChI is InChI=1S/C21H21ClN6O3/c1-5-31-20(29)14-9-23-27(11-14)21-25-17-10-24-28(18(17)19(26-21)30-4)13(3)16-8-15(22)7-6-12(16)2/h6-11,13H,5H2,1-4H3. The second kappa shape index (κ2) is 8.35. The van der Waals surface area contributed by atoms with Gasteiger partial charge in [-0.3, -0.25) is 4.68 Å². The van der Waals surface area contributed by atoms with Crippen molar-refractivity contribution in [1.29, 1.82) is 0 Å². The Morgan fingerprint density at radius 2 is 2.03 bits per heavy atom. The molecule has 9 nitrogen and oxygen atoms in total. The molecule has 3 heterocycles. The lowest BCUT2D eigenvalue weighted by Gasteiger charge is -2.17. The van der Waals surface area contributed by atoms with Crippen LogP contribution < -0.4 is 4.74 Å². The lowest BCUT2D eigenvalue weighted by Crippen LogP contribution is -2.12. The molecule has 0 aliphatic rings. The fraction of sp³-hybridized carbons (Fsp3) is 0.286. The molecule has 0 saturated carbocycles. The van der Waals surface area contributed by atoms with Crippen molar-refractivity contribution in [1.82, 2.24) is 29.5 Å². The Balaban J connectivity index is 1.77. The van der Waals surface area contributed by atoms with Crippen LogP contribution in [0.3, 0.4) is 0 Å². The molecular weight excluding hydrogens is 420 g/mol. The van der Waals surface area contributed by atoms with Gasteiger partial charge in [0.2, 0.25) is 5.88 Å². The number of hydrogen-bond acceptors (Lipinski definition) is 7. The highest BCUT2D eigenvalue weighted by molar-refractivity contribution is 6.30. The zero-order valence-corrected chi connectivity index (χ0v) is 18.3. The van der Waals surface area contributed by atoms with Crippen molar-refractivity contribution in [3.8, 4) is 11.8 Å². The molecule has 0 N–H and O–H groups in total. The number of hydrogen-bond donors (Lipinski definition) is 0. The lowest BCUT2D eigenvalue weighted by molar-refractivity contribution is 0.0526. The van der Waals surface area contributed by atoms with Crippen LogP contribution in [0.25, 0.3) is 17.0 Å². The topological polar surface area (TPSA) is 97.0 Å². The number of carbonyl (C=O) groups excluding carboxylic acids is 1. The molecule has 4 aromatic rings. The first-order chi connectivity index (χ1) is 14.9. The number of halogens is 1. The Hall–Kier alpha value is -3.46. The van der Waals surface area contributed by atoms with E-state index in [0.717, 1.165) is 11.1 Å². The van der Waals surface area contributed by atoms with Gasteiger partial charge in [-0.2, -0.15) is 15.2 Å². The van der Waals surface area contributed by atoms with Crippen LogP contribution in [0.2, 0.25) is 5.02 Å². The molecule has 31 heavy (non-hydrogen) atoms. The maximum atomic E-state index is 11.9. The summed E-state index contributed by atoms with van der Waals surface area (Å²) in [7, 11) is 1.53. The highest BCUT2D eigenvalue weighted by Gasteiger charge is 2.21. The number of benzene rings is 1. The second-order valence-corrected chi connectivity index (χ2v) is 7.36. The van der Waals surface area contributed by atoms with Crippen LogP contribution in [0.1, 0.15) is 41.4 Å². The minimum atomic E-state index is -0.458. The molecule has 1 unspecified atom stereocenters. The lowest BCUT2D eigenvalue weighted by atomic mass is 10.0. The van der Waals surface area contributed by atoms with E-state index in [1.165, 1.54) is 24.2 Å². The fourth-order valence-electron chi connectivity index (χ4n) is 3.40. The summed E-state index contributed by atoms with van der Waals surface area (Å²) in [6.45, 7) is 6.08. The average molecular weight is 441 g/mol. The summed E-state index contributed by atoms with van der Waals surface area (Å²) >= 11 is 6.21. The molecular formula is C21H21ClN6O3. The van der Waals surface area contributed by atoms with Gasteiger partial charge >= 0.3 is 5.97 Å². The molecule has 0 spiro atoms. The van der Waals surface area contributed by atoms with Crippen molar-refractivity contribution in [3.05, 3.63) is 58.5 Å². The van der Waals surface area contributed by atoms with Gasteiger partial charge in [0.15, 0.2) is 0 Å². The maximum Gasteiger partial charge on any atom is 0.341 e. The second-order valence-electron chi connectivity index (χ2n) is 6.93. The van der Waals surface area contributed by atoms with Gasteiger partial charge in [-0.15, -0.1) is 0 Å². The van der Waals surface area contributed by atoms with Crippen molar-refractivity contribution < 1.29 is 14.3 Å². The van der Waals surface area contributed by atoms with Crippen molar-refractivity contribution in [2.75, 3.05) is 13.7 Å². The Labute approximate surface area is 183 Å². The van der Waals surface area contributed by atoms with Crippen molar-refractivity contribution >= 4 is 28.6 Å². The molecule has 0 fully saturated rings. The van der Waals surface area contributed by atoms with E-state index in [-0.39, 0.29) is 18.6 Å². The molecule has 4 rings (SSSR count). The summed E-state index contributed by atoms with van der Waals surface area (Å²) in [6.07, 6.45) is 4.57. The monoisotopic (exact) mass is 440 g/mol. The van der Waals surface area contributed by atoms with E-state index in [9.17, 15) is 4.79 Å². The molecule has 0 amide bonds. The van der Waals surface area contributed by atoms with Crippen LogP contribution in [0, 0.1) is 6.92 Å². The predicted octanol–water partition coefficient (Wildman–Crippen LogP) is 3.77. The average Bonchev–Trinajstić information content (AvgIpc) is 3.42. The zero-order valence-electron chi connectivity index (χ0n) is 17.5. The molecule has 0 aliphatic heterocycles. The Bertz CT molecular complexity index is 1270. The summed E-state index contributed by atoms with van der Waals surface area (Å²) in [5, 5.41) is 9.36. The number of rotatable bonds is 6. The summed E-state index contributed by atoms with van der Waals surface area (Å²) in [5.41, 5.74) is 3.68. The normalized spacial score (nSPS) is 12.2. The van der Waals surface area contributed by atoms with Gasteiger partial charge in [-0.1, -0.05) is 17.7 Å². The highest BCUT2D eigenvalue weighted by Crippen LogP contribution is 2.31. The van der Waals surface area contributed by atoms with E-state index < -0.39 is 5.97 Å². The summed E-state index contributed by atoms with van der Waals surface area (Å²) in [6, 6.07) is 5.64. The van der Waals surface area contributed by atoms with Gasteiger partial charge in [0.25, 0.3) is 5.95 Å². The van der Waals surface area contributed by atoms with E-state index >= 15 is 0 Å². The molecule has 3 aromatic heterocycles. The number of carbonyl (C=O) groups is 1. The van der Waals surface area contributed by atoms with Crippen molar-refractivity contribution in [3.63, 3.8) is 0 Å². The van der Waals surface area contributed by atoms with Crippen LogP contribution in [0.5, 0.6) is 5.88 Å². The van der Waals surface area contributed by atoms with Crippen LogP contribution in [-0.4, -0.2) is 49.2 Å². The van der Waals surface area contributed by atoms with Crippen LogP contribution >= 0.6 is 11.6 Å². The van der Waals surface area contributed by atoms with Gasteiger partial charge in [0, 0.05) is 11.2 Å². The highest BCUT2D eigenvalue weighted by atomic mass is 35.5. The molecule has 0 saturated heterocycles. The van der Waals surface area contributed by atoms with Gasteiger partial charge in [0.05, 0.1) is 37.7 Å². The Morgan fingerprint density at radius 1 is 1.23 bits per heavy atom. The van der Waals surface area contributed by atoms with Crippen LogP contribution in [0.4, 0.5) is 0 Å². The van der Waals surface area contributed by atoms with E-state index in [4.69, 9.17) is 21.1 Å². The minimum Gasteiger partial charge on any atom is -0.479 e. The van der Waals surface area contributed by atoms with Crippen molar-refractivity contribution in [2.24, 2.45) is 0 Å². The largest absolute Gasteiger partial charge is 0.479 e. The first-order valence-electron chi connectivity index (χ1n) is 9.70. The van der Waals surface area contributed by atoms with E-state index in [2.05, 4.69) is 20.2 Å². The number of esters is 1. The molecule has 160 valence electrons. The smallest absolute Gasteiger partial charge is 0.341 e. The van der Waals surface area contributed by atoms with Crippen molar-refractivity contribution in [2.45, 2.75) is 26.8 Å². The van der Waals surface area contributed by atoms with Gasteiger partial charge < -0.3 is 9.47 Å². The Kier molecular flexibility index (Phi) is 5.60. The van der Waals surface area contributed by atoms with Gasteiger partial charge in [-0.05, 0) is 44.0 Å². The van der Waals surface area contributed by atoms with E-state index in [1.807, 2.05) is 36.7 Å². The quantitative estimate of drug-likeness (QED) is 0.421. The Morgan fingerprint density at radius 3 is 2.77 bits per heavy atom. The van der Waals surface area contributed by atoms with E-state index in [0.29, 0.717) is 27.5 Å². The molecule has 0 bridgehead atoms. The molecule has 0 radical (unpaired) electrons. The molecule has 1 aromatic carbocycles. The SMILES string of the molecule is CCOC(=O)c1cnn(-c2nc(OC)c3c(cnn3C(C)c3cc(Cl)ccc3C)n2)c1. The minimum absolute atomic E-state index is 0.125. The molecule has 1 atom stereocenters. The third-order valence-corrected chi connectivity index (χ3v) is 5.19. The molecule has 10 heteroatoms. The first kappa shape index (κ1) is 20.8. The number of methoxy groups -OCH3 is 1. The fourth-order valence-corrected chi connectivity index (χ4v) is 3.58. The summed E-state index contributed by atoms with van der Waals surface area (Å²) in [4.78, 5) is 21.0. The third kappa shape index (κ3) is 3.84. The van der Waals surface area contributed by atoms with Gasteiger partial charge in [0.1, 0.15) is 11.0 Å². The zero-order chi connectivity index (χ0) is 22.1. The van der Waals surface area contributed by atoms with Crippen LogP contribution in [0.15, 0.2) is 36.8 Å². The number of aromatic nitrogens is 6. The third-order valence-electron chi connectivity index (χ3n) is 4.95. The predicted molar refractivity (Wildman–Crippen MR) is 115 cm³/mol. The molecule has 0 aliphatic carbocycles.